The zero-order valence-electron chi connectivity index (χ0n) is 17.1. The van der Waals surface area contributed by atoms with Gasteiger partial charge in [-0.3, -0.25) is 14.7 Å². The first-order chi connectivity index (χ1) is 15.2. The van der Waals surface area contributed by atoms with E-state index in [-0.39, 0.29) is 46.4 Å². The van der Waals surface area contributed by atoms with E-state index in [9.17, 15) is 27.3 Å². The molecule has 0 aliphatic heterocycles. The second-order valence-electron chi connectivity index (χ2n) is 6.41. The Balaban J connectivity index is 2.15. The van der Waals surface area contributed by atoms with Gasteiger partial charge in [-0.15, -0.1) is 10.2 Å². The molecule has 0 spiro atoms. The number of alkyl halides is 2. The molecule has 0 saturated carbocycles. The van der Waals surface area contributed by atoms with Gasteiger partial charge in [-0.2, -0.15) is 13.1 Å². The lowest BCUT2D eigenvalue weighted by molar-refractivity contribution is -0.384. The molecule has 0 amide bonds. The zero-order chi connectivity index (χ0) is 23.5. The van der Waals surface area contributed by atoms with Crippen LogP contribution < -0.4 is 0 Å². The van der Waals surface area contributed by atoms with Crippen LogP contribution in [-0.2, 0) is 10.0 Å². The fourth-order valence-electron chi connectivity index (χ4n) is 3.08. The average Bonchev–Trinajstić information content (AvgIpc) is 3.17. The van der Waals surface area contributed by atoms with Crippen molar-refractivity contribution in [3.63, 3.8) is 0 Å². The number of nitro groups is 1. The van der Waals surface area contributed by atoms with Crippen molar-refractivity contribution in [3.05, 3.63) is 58.6 Å². The monoisotopic (exact) mass is 483 g/mol. The van der Waals surface area contributed by atoms with Gasteiger partial charge in [0.05, 0.1) is 15.5 Å². The van der Waals surface area contributed by atoms with Crippen LogP contribution in [0.2, 0.25) is 0 Å². The molecule has 170 valence electrons. The third-order valence-electron chi connectivity index (χ3n) is 4.58. The largest absolute Gasteiger partial charge is 0.291 e. The third kappa shape index (κ3) is 4.79. The number of rotatable bonds is 9. The Labute approximate surface area is 187 Å². The summed E-state index contributed by atoms with van der Waals surface area (Å²) < 4.78 is 54.6. The number of sulfonamides is 1. The van der Waals surface area contributed by atoms with Crippen molar-refractivity contribution in [2.75, 3.05) is 13.1 Å². The van der Waals surface area contributed by atoms with E-state index < -0.39 is 20.7 Å². The Hall–Kier alpha value is -2.90. The standard InChI is InChI=1S/C19H19F2N5O4S2/c1-3-24(4-2)32(29,30)16-7-5-6-13(12-16)17-22-23-19(31-18(20)21)25(17)14-8-10-15(11-9-14)26(27)28/h5-12,18H,3-4H2,1-2H3. The Morgan fingerprint density at radius 2 is 1.78 bits per heavy atom. The molecule has 3 rings (SSSR count). The summed E-state index contributed by atoms with van der Waals surface area (Å²) in [5.41, 5.74) is 0.486. The normalized spacial score (nSPS) is 11.9. The number of nitrogens with zero attached hydrogens (tertiary/aromatic N) is 5. The lowest BCUT2D eigenvalue weighted by Gasteiger charge is -2.18. The Morgan fingerprint density at radius 3 is 2.34 bits per heavy atom. The second-order valence-corrected chi connectivity index (χ2v) is 9.31. The summed E-state index contributed by atoms with van der Waals surface area (Å²) in [4.78, 5) is 10.4. The van der Waals surface area contributed by atoms with Crippen molar-refractivity contribution >= 4 is 27.5 Å². The maximum Gasteiger partial charge on any atom is 0.291 e. The van der Waals surface area contributed by atoms with Gasteiger partial charge in [0.1, 0.15) is 0 Å². The predicted molar refractivity (Wildman–Crippen MR) is 115 cm³/mol. The van der Waals surface area contributed by atoms with Crippen molar-refractivity contribution in [1.29, 1.82) is 0 Å². The number of nitro benzene ring substituents is 1. The minimum Gasteiger partial charge on any atom is -0.270 e. The maximum atomic E-state index is 13.1. The number of hydrogen-bond donors (Lipinski definition) is 0. The molecule has 0 aliphatic carbocycles. The highest BCUT2D eigenvalue weighted by Gasteiger charge is 2.24. The highest BCUT2D eigenvalue weighted by molar-refractivity contribution is 7.99. The first-order valence-electron chi connectivity index (χ1n) is 9.44. The van der Waals surface area contributed by atoms with E-state index in [0.29, 0.717) is 11.3 Å². The van der Waals surface area contributed by atoms with Crippen LogP contribution in [0.3, 0.4) is 0 Å². The summed E-state index contributed by atoms with van der Waals surface area (Å²) >= 11 is 0.163. The second kappa shape index (κ2) is 9.71. The molecule has 0 bridgehead atoms. The van der Waals surface area contributed by atoms with Gasteiger partial charge in [0, 0.05) is 30.8 Å². The molecule has 2 aromatic carbocycles. The van der Waals surface area contributed by atoms with E-state index in [1.54, 1.807) is 19.9 Å². The molecule has 0 unspecified atom stereocenters. The van der Waals surface area contributed by atoms with Crippen molar-refractivity contribution in [1.82, 2.24) is 19.1 Å². The first-order valence-corrected chi connectivity index (χ1v) is 11.8. The van der Waals surface area contributed by atoms with Crippen LogP contribution in [0.15, 0.2) is 58.6 Å². The molecular weight excluding hydrogens is 464 g/mol. The number of hydrogen-bond acceptors (Lipinski definition) is 7. The fourth-order valence-corrected chi connectivity index (χ4v) is 5.13. The van der Waals surface area contributed by atoms with Crippen molar-refractivity contribution in [2.24, 2.45) is 0 Å². The molecule has 0 radical (unpaired) electrons. The molecule has 0 fully saturated rings. The first kappa shape index (κ1) is 23.8. The lowest BCUT2D eigenvalue weighted by Crippen LogP contribution is -2.30. The van der Waals surface area contributed by atoms with Crippen LogP contribution in [0, 0.1) is 10.1 Å². The van der Waals surface area contributed by atoms with Crippen LogP contribution in [0.4, 0.5) is 14.5 Å². The minimum atomic E-state index is -3.76. The quantitative estimate of drug-likeness (QED) is 0.255. The molecule has 0 aliphatic rings. The highest BCUT2D eigenvalue weighted by atomic mass is 32.2. The van der Waals surface area contributed by atoms with Crippen LogP contribution in [-0.4, -0.2) is 51.3 Å². The van der Waals surface area contributed by atoms with Crippen molar-refractivity contribution in [2.45, 2.75) is 29.7 Å². The van der Waals surface area contributed by atoms with E-state index in [0.717, 1.165) is 0 Å². The molecule has 9 nitrogen and oxygen atoms in total. The summed E-state index contributed by atoms with van der Waals surface area (Å²) in [5, 5.41) is 18.6. The highest BCUT2D eigenvalue weighted by Crippen LogP contribution is 2.32. The van der Waals surface area contributed by atoms with Crippen molar-refractivity contribution < 1.29 is 22.1 Å². The van der Waals surface area contributed by atoms with Crippen LogP contribution in [0.25, 0.3) is 17.1 Å². The smallest absolute Gasteiger partial charge is 0.270 e. The molecule has 3 aromatic rings. The van der Waals surface area contributed by atoms with Crippen LogP contribution >= 0.6 is 11.8 Å². The molecule has 0 N–H and O–H groups in total. The van der Waals surface area contributed by atoms with Gasteiger partial charge in [0.25, 0.3) is 11.4 Å². The van der Waals surface area contributed by atoms with Crippen molar-refractivity contribution in [3.8, 4) is 17.1 Å². The fraction of sp³-hybridized carbons (Fsp3) is 0.263. The average molecular weight is 484 g/mol. The molecule has 0 saturated heterocycles. The Morgan fingerprint density at radius 1 is 1.12 bits per heavy atom. The molecular formula is C19H19F2N5O4S2. The Kier molecular flexibility index (Phi) is 7.21. The van der Waals surface area contributed by atoms with E-state index in [1.807, 2.05) is 0 Å². The van der Waals surface area contributed by atoms with E-state index >= 15 is 0 Å². The van der Waals surface area contributed by atoms with Gasteiger partial charge < -0.3 is 0 Å². The van der Waals surface area contributed by atoms with Gasteiger partial charge in [-0.05, 0) is 36.0 Å². The molecule has 1 heterocycles. The lowest BCUT2D eigenvalue weighted by atomic mass is 10.2. The number of benzene rings is 2. The zero-order valence-corrected chi connectivity index (χ0v) is 18.7. The summed E-state index contributed by atoms with van der Waals surface area (Å²) in [6.45, 7) is 4.03. The van der Waals surface area contributed by atoms with Crippen LogP contribution in [0.5, 0.6) is 0 Å². The summed E-state index contributed by atoms with van der Waals surface area (Å²) in [7, 11) is -3.76. The van der Waals surface area contributed by atoms with Crippen LogP contribution in [0.1, 0.15) is 13.8 Å². The number of non-ortho nitro benzene ring substituents is 1. The number of aromatic nitrogens is 3. The molecule has 0 atom stereocenters. The molecule has 1 aromatic heterocycles. The molecule has 32 heavy (non-hydrogen) atoms. The summed E-state index contributed by atoms with van der Waals surface area (Å²) in [5.74, 6) is -2.66. The Bertz CT molecular complexity index is 1210. The van der Waals surface area contributed by atoms with Gasteiger partial charge >= 0.3 is 0 Å². The number of thioether (sulfide) groups is 1. The maximum absolute atomic E-state index is 13.1. The van der Waals surface area contributed by atoms with E-state index in [1.165, 1.54) is 51.3 Å². The van der Waals surface area contributed by atoms with E-state index in [2.05, 4.69) is 10.2 Å². The predicted octanol–water partition coefficient (Wildman–Crippen LogP) is 4.19. The SMILES string of the molecule is CCN(CC)S(=O)(=O)c1cccc(-c2nnc(SC(F)F)n2-c2ccc([N+](=O)[O-])cc2)c1. The molecule has 13 heteroatoms. The summed E-state index contributed by atoms with van der Waals surface area (Å²) in [6, 6.07) is 11.2. The minimum absolute atomic E-state index is 0.0278. The van der Waals surface area contributed by atoms with Gasteiger partial charge in [-0.25, -0.2) is 8.42 Å². The van der Waals surface area contributed by atoms with Gasteiger partial charge in [0.15, 0.2) is 5.82 Å². The third-order valence-corrected chi connectivity index (χ3v) is 7.28. The van der Waals surface area contributed by atoms with Gasteiger partial charge in [0.2, 0.25) is 15.2 Å². The van der Waals surface area contributed by atoms with Gasteiger partial charge in [-0.1, -0.05) is 26.0 Å². The summed E-state index contributed by atoms with van der Waals surface area (Å²) in [6.07, 6.45) is 0. The van der Waals surface area contributed by atoms with E-state index in [4.69, 9.17) is 0 Å². The topological polar surface area (TPSA) is 111 Å². The number of halogens is 2.